The molecule has 0 aliphatic carbocycles. The highest BCUT2D eigenvalue weighted by Gasteiger charge is 2.07. The fourth-order valence-electron chi connectivity index (χ4n) is 1.09. The summed E-state index contributed by atoms with van der Waals surface area (Å²) in [5, 5.41) is 5.59. The minimum atomic E-state index is -3.01. The van der Waals surface area contributed by atoms with Gasteiger partial charge in [0.15, 0.2) is 0 Å². The van der Waals surface area contributed by atoms with E-state index in [2.05, 4.69) is 25.6 Å². The van der Waals surface area contributed by atoms with Crippen LogP contribution in [0.2, 0.25) is 0 Å². The van der Waals surface area contributed by atoms with E-state index in [0.717, 1.165) is 0 Å². The van der Waals surface area contributed by atoms with E-state index in [9.17, 15) is 8.42 Å². The number of hydrogen-bond acceptors (Lipinski definition) is 8. The number of anilines is 2. The van der Waals surface area contributed by atoms with E-state index in [1.54, 1.807) is 7.05 Å². The summed E-state index contributed by atoms with van der Waals surface area (Å²) in [7, 11) is -1.34. The Morgan fingerprint density at radius 3 is 2.44 bits per heavy atom. The fourth-order valence-corrected chi connectivity index (χ4v) is 1.56. The van der Waals surface area contributed by atoms with Crippen LogP contribution in [0.1, 0.15) is 6.92 Å². The maximum absolute atomic E-state index is 11.0. The Morgan fingerprint density at radius 1 is 1.22 bits per heavy atom. The average Bonchev–Trinajstić information content (AvgIpc) is 2.27. The summed E-state index contributed by atoms with van der Waals surface area (Å²) in [6.45, 7) is 2.49. The highest BCUT2D eigenvalue weighted by Crippen LogP contribution is 2.10. The maximum Gasteiger partial charge on any atom is 0.323 e. The number of hydrogen-bond donors (Lipinski definition) is 2. The van der Waals surface area contributed by atoms with E-state index in [-0.39, 0.29) is 24.3 Å². The number of nitrogens with one attached hydrogen (secondary N) is 2. The summed E-state index contributed by atoms with van der Waals surface area (Å²) in [6.07, 6.45) is 1.17. The molecule has 0 aliphatic rings. The monoisotopic (exact) mass is 275 g/mol. The van der Waals surface area contributed by atoms with Gasteiger partial charge in [0.25, 0.3) is 0 Å². The van der Waals surface area contributed by atoms with E-state index in [0.29, 0.717) is 12.6 Å². The van der Waals surface area contributed by atoms with Crippen LogP contribution in [-0.4, -0.2) is 55.6 Å². The first-order valence-corrected chi connectivity index (χ1v) is 7.49. The molecule has 0 atom stereocenters. The molecular formula is C9H17N5O3S. The Balaban J connectivity index is 2.72. The molecule has 8 nitrogen and oxygen atoms in total. The minimum Gasteiger partial charge on any atom is -0.464 e. The third kappa shape index (κ3) is 5.13. The van der Waals surface area contributed by atoms with E-state index in [1.807, 2.05) is 6.92 Å². The van der Waals surface area contributed by atoms with Gasteiger partial charge in [-0.3, -0.25) is 0 Å². The number of aromatic nitrogens is 3. The van der Waals surface area contributed by atoms with Gasteiger partial charge in [-0.2, -0.15) is 15.0 Å². The molecule has 2 N–H and O–H groups in total. The molecule has 0 aromatic carbocycles. The first-order chi connectivity index (χ1) is 8.44. The Hall–Kier alpha value is -1.64. The lowest BCUT2D eigenvalue weighted by Crippen LogP contribution is -2.16. The highest BCUT2D eigenvalue weighted by molar-refractivity contribution is 7.90. The van der Waals surface area contributed by atoms with Crippen molar-refractivity contribution in [1.29, 1.82) is 0 Å². The van der Waals surface area contributed by atoms with Crippen LogP contribution < -0.4 is 15.4 Å². The Bertz CT molecular complexity index is 491. The number of nitrogens with zero attached hydrogens (tertiary/aromatic N) is 3. The zero-order valence-corrected chi connectivity index (χ0v) is 11.4. The molecule has 0 amide bonds. The van der Waals surface area contributed by atoms with E-state index < -0.39 is 9.84 Å². The first kappa shape index (κ1) is 14.4. The Morgan fingerprint density at radius 2 is 1.89 bits per heavy atom. The summed E-state index contributed by atoms with van der Waals surface area (Å²) >= 11 is 0. The predicted octanol–water partition coefficient (Wildman–Crippen LogP) is -0.231. The molecule has 102 valence electrons. The van der Waals surface area contributed by atoms with Crippen LogP contribution in [0.4, 0.5) is 11.9 Å². The van der Waals surface area contributed by atoms with Crippen molar-refractivity contribution in [1.82, 2.24) is 15.0 Å². The molecule has 1 aromatic rings. The van der Waals surface area contributed by atoms with Gasteiger partial charge in [-0.15, -0.1) is 0 Å². The fraction of sp³-hybridized carbons (Fsp3) is 0.667. The molecule has 0 spiro atoms. The van der Waals surface area contributed by atoms with E-state index in [4.69, 9.17) is 4.74 Å². The average molecular weight is 275 g/mol. The topological polar surface area (TPSA) is 106 Å². The second kappa shape index (κ2) is 6.34. The van der Waals surface area contributed by atoms with Gasteiger partial charge in [-0.05, 0) is 6.92 Å². The van der Waals surface area contributed by atoms with Gasteiger partial charge in [-0.25, -0.2) is 8.42 Å². The largest absolute Gasteiger partial charge is 0.464 e. The van der Waals surface area contributed by atoms with Crippen molar-refractivity contribution in [2.75, 3.05) is 42.8 Å². The van der Waals surface area contributed by atoms with Gasteiger partial charge in [0.2, 0.25) is 11.9 Å². The molecule has 0 unspecified atom stereocenters. The molecule has 0 aliphatic heterocycles. The van der Waals surface area contributed by atoms with Gasteiger partial charge in [-0.1, -0.05) is 0 Å². The van der Waals surface area contributed by atoms with Crippen molar-refractivity contribution in [2.24, 2.45) is 0 Å². The molecule has 0 saturated carbocycles. The smallest absolute Gasteiger partial charge is 0.323 e. The van der Waals surface area contributed by atoms with Crippen LogP contribution in [-0.2, 0) is 9.84 Å². The lowest BCUT2D eigenvalue weighted by molar-refractivity contribution is 0.312. The minimum absolute atomic E-state index is 0.0114. The van der Waals surface area contributed by atoms with Gasteiger partial charge < -0.3 is 15.4 Å². The van der Waals surface area contributed by atoms with Gasteiger partial charge in [0.05, 0.1) is 12.4 Å². The van der Waals surface area contributed by atoms with Gasteiger partial charge >= 0.3 is 6.01 Å². The quantitative estimate of drug-likeness (QED) is 0.702. The highest BCUT2D eigenvalue weighted by atomic mass is 32.2. The molecule has 9 heteroatoms. The summed E-state index contributed by atoms with van der Waals surface area (Å²) in [5.41, 5.74) is 0. The van der Waals surface area contributed by atoms with E-state index >= 15 is 0 Å². The Kier molecular flexibility index (Phi) is 5.08. The summed E-state index contributed by atoms with van der Waals surface area (Å²) < 4.78 is 27.1. The molecule has 1 heterocycles. The normalized spacial score (nSPS) is 11.1. The number of rotatable bonds is 7. The van der Waals surface area contributed by atoms with Crippen molar-refractivity contribution in [3.63, 3.8) is 0 Å². The third-order valence-corrected chi connectivity index (χ3v) is 2.81. The van der Waals surface area contributed by atoms with Crippen molar-refractivity contribution in [2.45, 2.75) is 6.92 Å². The second-order valence-electron chi connectivity index (χ2n) is 3.50. The lowest BCUT2D eigenvalue weighted by Gasteiger charge is -2.08. The van der Waals surface area contributed by atoms with Crippen LogP contribution in [0.5, 0.6) is 6.01 Å². The SMILES string of the molecule is CCOc1nc(NC)nc(NCCS(C)(=O)=O)n1. The molecule has 0 bridgehead atoms. The second-order valence-corrected chi connectivity index (χ2v) is 5.76. The van der Waals surface area contributed by atoms with Crippen LogP contribution in [0, 0.1) is 0 Å². The zero-order valence-electron chi connectivity index (χ0n) is 10.6. The first-order valence-electron chi connectivity index (χ1n) is 5.43. The van der Waals surface area contributed by atoms with Crippen molar-refractivity contribution < 1.29 is 13.2 Å². The van der Waals surface area contributed by atoms with Crippen molar-refractivity contribution >= 4 is 21.7 Å². The lowest BCUT2D eigenvalue weighted by atomic mass is 10.7. The zero-order chi connectivity index (χ0) is 13.6. The predicted molar refractivity (Wildman–Crippen MR) is 68.7 cm³/mol. The molecular weight excluding hydrogens is 258 g/mol. The number of sulfone groups is 1. The number of ether oxygens (including phenoxy) is 1. The molecule has 0 saturated heterocycles. The standard InChI is InChI=1S/C9H17N5O3S/c1-4-17-9-13-7(10-2)12-8(14-9)11-5-6-18(3,15)16/h4-6H2,1-3H3,(H2,10,11,12,13,14). The van der Waals surface area contributed by atoms with Gasteiger partial charge in [0, 0.05) is 19.8 Å². The van der Waals surface area contributed by atoms with Crippen molar-refractivity contribution in [3.05, 3.63) is 0 Å². The summed E-state index contributed by atoms with van der Waals surface area (Å²) in [5.74, 6) is 0.647. The third-order valence-electron chi connectivity index (χ3n) is 1.87. The van der Waals surface area contributed by atoms with E-state index in [1.165, 1.54) is 6.26 Å². The molecule has 1 rings (SSSR count). The molecule has 0 radical (unpaired) electrons. The van der Waals surface area contributed by atoms with Crippen molar-refractivity contribution in [3.8, 4) is 6.01 Å². The van der Waals surface area contributed by atoms with Crippen LogP contribution in [0.25, 0.3) is 0 Å². The van der Waals surface area contributed by atoms with Gasteiger partial charge in [0.1, 0.15) is 9.84 Å². The maximum atomic E-state index is 11.0. The molecule has 18 heavy (non-hydrogen) atoms. The van der Waals surface area contributed by atoms with Crippen LogP contribution >= 0.6 is 0 Å². The van der Waals surface area contributed by atoms with Crippen LogP contribution in [0.15, 0.2) is 0 Å². The molecule has 0 fully saturated rings. The summed E-state index contributed by atoms with van der Waals surface area (Å²) in [4.78, 5) is 12.0. The summed E-state index contributed by atoms with van der Waals surface area (Å²) in [6, 6.07) is 0.193. The Labute approximate surface area is 106 Å². The van der Waals surface area contributed by atoms with Crippen LogP contribution in [0.3, 0.4) is 0 Å². The molecule has 1 aromatic heterocycles.